The van der Waals surface area contributed by atoms with Gasteiger partial charge >= 0.3 is 0 Å². The fraction of sp³-hybridized carbons (Fsp3) is 0.750. The van der Waals surface area contributed by atoms with Crippen LogP contribution < -0.4 is 5.32 Å². The number of nitrogens with zero attached hydrogens (tertiary/aromatic N) is 2. The SMILES string of the molecule is CCOC1(c2ncc(CNC(C)(C)C)cn2)CCCC1. The van der Waals surface area contributed by atoms with Crippen molar-refractivity contribution in [3.63, 3.8) is 0 Å². The second-order valence-corrected chi connectivity index (χ2v) is 6.65. The van der Waals surface area contributed by atoms with E-state index in [9.17, 15) is 0 Å². The van der Waals surface area contributed by atoms with Crippen LogP contribution in [0.25, 0.3) is 0 Å². The highest BCUT2D eigenvalue weighted by molar-refractivity contribution is 5.11. The summed E-state index contributed by atoms with van der Waals surface area (Å²) >= 11 is 0. The van der Waals surface area contributed by atoms with Gasteiger partial charge in [0, 0.05) is 36.6 Å². The summed E-state index contributed by atoms with van der Waals surface area (Å²) in [4.78, 5) is 9.15. The van der Waals surface area contributed by atoms with Gasteiger partial charge in [0.15, 0.2) is 5.82 Å². The number of aromatic nitrogens is 2. The second kappa shape index (κ2) is 6.19. The van der Waals surface area contributed by atoms with Crippen molar-refractivity contribution in [3.8, 4) is 0 Å². The molecule has 0 aliphatic heterocycles. The van der Waals surface area contributed by atoms with Crippen LogP contribution in [0.4, 0.5) is 0 Å². The Bertz CT molecular complexity index is 416. The maximum atomic E-state index is 5.99. The molecule has 1 aromatic rings. The molecule has 0 spiro atoms. The van der Waals surface area contributed by atoms with Crippen molar-refractivity contribution in [1.29, 1.82) is 0 Å². The summed E-state index contributed by atoms with van der Waals surface area (Å²) in [7, 11) is 0. The van der Waals surface area contributed by atoms with Gasteiger partial charge < -0.3 is 10.1 Å². The first kappa shape index (κ1) is 15.4. The Kier molecular flexibility index (Phi) is 4.76. The predicted molar refractivity (Wildman–Crippen MR) is 80.4 cm³/mol. The average Bonchev–Trinajstić information content (AvgIpc) is 2.86. The standard InChI is InChI=1S/C16H27N3O/c1-5-20-16(8-6-7-9-16)14-17-10-13(11-18-14)12-19-15(2,3)4/h10-11,19H,5-9,12H2,1-4H3. The number of nitrogens with one attached hydrogen (secondary N) is 1. The van der Waals surface area contributed by atoms with E-state index >= 15 is 0 Å². The highest BCUT2D eigenvalue weighted by atomic mass is 16.5. The molecule has 0 bridgehead atoms. The van der Waals surface area contributed by atoms with Crippen molar-refractivity contribution in [2.45, 2.75) is 71.1 Å². The van der Waals surface area contributed by atoms with Gasteiger partial charge in [-0.3, -0.25) is 0 Å². The topological polar surface area (TPSA) is 47.0 Å². The Balaban J connectivity index is 2.07. The van der Waals surface area contributed by atoms with Crippen LogP contribution >= 0.6 is 0 Å². The third-order valence-electron chi connectivity index (χ3n) is 3.77. The molecule has 0 saturated heterocycles. The molecule has 2 rings (SSSR count). The lowest BCUT2D eigenvalue weighted by Crippen LogP contribution is -2.35. The van der Waals surface area contributed by atoms with E-state index in [-0.39, 0.29) is 11.1 Å². The van der Waals surface area contributed by atoms with Crippen LogP contribution in [0.3, 0.4) is 0 Å². The van der Waals surface area contributed by atoms with Crippen molar-refractivity contribution in [2.24, 2.45) is 0 Å². The number of ether oxygens (including phenoxy) is 1. The van der Waals surface area contributed by atoms with E-state index in [0.29, 0.717) is 0 Å². The van der Waals surface area contributed by atoms with E-state index in [4.69, 9.17) is 4.74 Å². The van der Waals surface area contributed by atoms with Crippen molar-refractivity contribution in [3.05, 3.63) is 23.8 Å². The van der Waals surface area contributed by atoms with Crippen LogP contribution in [0.2, 0.25) is 0 Å². The largest absolute Gasteiger partial charge is 0.367 e. The number of rotatable bonds is 5. The third-order valence-corrected chi connectivity index (χ3v) is 3.77. The summed E-state index contributed by atoms with van der Waals surface area (Å²) < 4.78 is 5.99. The Labute approximate surface area is 122 Å². The molecule has 4 heteroatoms. The maximum Gasteiger partial charge on any atom is 0.160 e. The molecule has 1 aliphatic rings. The fourth-order valence-corrected chi connectivity index (χ4v) is 2.70. The third kappa shape index (κ3) is 3.76. The van der Waals surface area contributed by atoms with Crippen LogP contribution in [-0.2, 0) is 16.9 Å². The van der Waals surface area contributed by atoms with Gasteiger partial charge in [0.2, 0.25) is 0 Å². The molecule has 0 aromatic carbocycles. The van der Waals surface area contributed by atoms with Crippen molar-refractivity contribution >= 4 is 0 Å². The van der Waals surface area contributed by atoms with Gasteiger partial charge in [0.1, 0.15) is 5.60 Å². The first-order valence-electron chi connectivity index (χ1n) is 7.66. The number of hydrogen-bond acceptors (Lipinski definition) is 4. The lowest BCUT2D eigenvalue weighted by atomic mass is 10.0. The molecule has 4 nitrogen and oxygen atoms in total. The normalized spacial score (nSPS) is 18.4. The summed E-state index contributed by atoms with van der Waals surface area (Å²) in [6.45, 7) is 10.0. The van der Waals surface area contributed by atoms with Crippen LogP contribution in [0.5, 0.6) is 0 Å². The summed E-state index contributed by atoms with van der Waals surface area (Å²) in [5.74, 6) is 0.858. The molecule has 112 valence electrons. The zero-order valence-electron chi connectivity index (χ0n) is 13.2. The van der Waals surface area contributed by atoms with E-state index in [2.05, 4.69) is 36.1 Å². The van der Waals surface area contributed by atoms with Gasteiger partial charge in [0.05, 0.1) is 0 Å². The van der Waals surface area contributed by atoms with Gasteiger partial charge in [0.25, 0.3) is 0 Å². The van der Waals surface area contributed by atoms with E-state index < -0.39 is 0 Å². The highest BCUT2D eigenvalue weighted by Gasteiger charge is 2.38. The van der Waals surface area contributed by atoms with Crippen LogP contribution in [0.1, 0.15) is 64.8 Å². The Morgan fingerprint density at radius 1 is 1.20 bits per heavy atom. The van der Waals surface area contributed by atoms with Crippen LogP contribution in [-0.4, -0.2) is 22.1 Å². The van der Waals surface area contributed by atoms with Crippen molar-refractivity contribution in [1.82, 2.24) is 15.3 Å². The molecule has 1 fully saturated rings. The summed E-state index contributed by atoms with van der Waals surface area (Å²) in [6, 6.07) is 0. The molecular weight excluding hydrogens is 250 g/mol. The lowest BCUT2D eigenvalue weighted by Gasteiger charge is -2.27. The second-order valence-electron chi connectivity index (χ2n) is 6.65. The molecule has 0 unspecified atom stereocenters. The quantitative estimate of drug-likeness (QED) is 0.898. The van der Waals surface area contributed by atoms with Crippen LogP contribution in [0, 0.1) is 0 Å². The zero-order valence-corrected chi connectivity index (χ0v) is 13.2. The first-order chi connectivity index (χ1) is 9.45. The van der Waals surface area contributed by atoms with E-state index in [1.807, 2.05) is 19.3 Å². The van der Waals surface area contributed by atoms with Gasteiger partial charge in [-0.25, -0.2) is 9.97 Å². The summed E-state index contributed by atoms with van der Waals surface area (Å²) in [5.41, 5.74) is 0.995. The molecule has 1 aliphatic carbocycles. The predicted octanol–water partition coefficient (Wildman–Crippen LogP) is 3.17. The van der Waals surface area contributed by atoms with E-state index in [0.717, 1.165) is 37.4 Å². The minimum absolute atomic E-state index is 0.108. The zero-order chi connectivity index (χ0) is 14.6. The maximum absolute atomic E-state index is 5.99. The Hall–Kier alpha value is -1.00. The molecule has 1 aromatic heterocycles. The number of hydrogen-bond donors (Lipinski definition) is 1. The molecule has 1 saturated carbocycles. The molecule has 20 heavy (non-hydrogen) atoms. The first-order valence-corrected chi connectivity index (χ1v) is 7.66. The monoisotopic (exact) mass is 277 g/mol. The van der Waals surface area contributed by atoms with Crippen molar-refractivity contribution in [2.75, 3.05) is 6.61 Å². The Morgan fingerprint density at radius 2 is 1.80 bits per heavy atom. The minimum atomic E-state index is -0.231. The fourth-order valence-electron chi connectivity index (χ4n) is 2.70. The van der Waals surface area contributed by atoms with E-state index in [1.165, 1.54) is 12.8 Å². The minimum Gasteiger partial charge on any atom is -0.367 e. The van der Waals surface area contributed by atoms with Crippen LogP contribution in [0.15, 0.2) is 12.4 Å². The lowest BCUT2D eigenvalue weighted by molar-refractivity contribution is -0.0457. The smallest absolute Gasteiger partial charge is 0.160 e. The van der Waals surface area contributed by atoms with Gasteiger partial charge in [-0.15, -0.1) is 0 Å². The average molecular weight is 277 g/mol. The molecular formula is C16H27N3O. The Morgan fingerprint density at radius 3 is 2.30 bits per heavy atom. The molecule has 1 heterocycles. The van der Waals surface area contributed by atoms with Crippen molar-refractivity contribution < 1.29 is 4.74 Å². The highest BCUT2D eigenvalue weighted by Crippen LogP contribution is 2.40. The van der Waals surface area contributed by atoms with Gasteiger partial charge in [-0.05, 0) is 53.4 Å². The summed E-state index contributed by atoms with van der Waals surface area (Å²) in [5, 5.41) is 3.45. The van der Waals surface area contributed by atoms with Gasteiger partial charge in [-0.2, -0.15) is 0 Å². The molecule has 0 radical (unpaired) electrons. The molecule has 0 atom stereocenters. The van der Waals surface area contributed by atoms with Gasteiger partial charge in [-0.1, -0.05) is 0 Å². The summed E-state index contributed by atoms with van der Waals surface area (Å²) in [6.07, 6.45) is 8.36. The van der Waals surface area contributed by atoms with E-state index in [1.54, 1.807) is 0 Å². The molecule has 1 N–H and O–H groups in total. The molecule has 0 amide bonds.